The molecule has 0 aliphatic carbocycles. The van der Waals surface area contributed by atoms with Crippen LogP contribution in [0.2, 0.25) is 0 Å². The Hall–Kier alpha value is -2.49. The zero-order valence-corrected chi connectivity index (χ0v) is 10.4. The first-order valence-corrected chi connectivity index (χ1v) is 5.83. The summed E-state index contributed by atoms with van der Waals surface area (Å²) < 4.78 is 1.50. The number of rotatable bonds is 6. The van der Waals surface area contributed by atoms with Gasteiger partial charge in [0.05, 0.1) is 12.2 Å². The Balaban J connectivity index is 2.10. The van der Waals surface area contributed by atoms with Crippen LogP contribution in [0.4, 0.5) is 0 Å². The van der Waals surface area contributed by atoms with Crippen LogP contribution in [0.1, 0.15) is 16.5 Å². The minimum atomic E-state index is -1.30. The molecule has 1 aliphatic heterocycles. The summed E-state index contributed by atoms with van der Waals surface area (Å²) in [6.45, 7) is 0.0157. The van der Waals surface area contributed by atoms with Gasteiger partial charge in [0.2, 0.25) is 0 Å². The molecule has 108 valence electrons. The third kappa shape index (κ3) is 3.09. The van der Waals surface area contributed by atoms with Gasteiger partial charge in [-0.3, -0.25) is 14.4 Å². The summed E-state index contributed by atoms with van der Waals surface area (Å²) in [5.74, 6) is -3.36. The SMILES string of the molecule is O=C(O)CN(CC(=O)O)C(=O)c1cn(C2CNC2)nn1. The van der Waals surface area contributed by atoms with Crippen LogP contribution in [-0.4, -0.2) is 74.1 Å². The highest BCUT2D eigenvalue weighted by molar-refractivity contribution is 5.95. The molecule has 0 bridgehead atoms. The summed E-state index contributed by atoms with van der Waals surface area (Å²) >= 11 is 0. The average Bonchev–Trinajstić information content (AvgIpc) is 2.72. The maximum atomic E-state index is 12.0. The van der Waals surface area contributed by atoms with Crippen molar-refractivity contribution < 1.29 is 24.6 Å². The third-order valence-corrected chi connectivity index (χ3v) is 2.80. The van der Waals surface area contributed by atoms with Crippen LogP contribution >= 0.6 is 0 Å². The molecule has 0 radical (unpaired) electrons. The standard InChI is InChI=1S/C10H13N5O5/c16-8(17)4-14(5-9(18)19)10(20)7-3-15(13-12-7)6-1-11-2-6/h3,6,11H,1-2,4-5H2,(H,16,17)(H,18,19). The zero-order valence-electron chi connectivity index (χ0n) is 10.4. The summed E-state index contributed by atoms with van der Waals surface area (Å²) in [4.78, 5) is 34.0. The number of nitrogens with one attached hydrogen (secondary N) is 1. The predicted octanol–water partition coefficient (Wildman–Crippen LogP) is -1.97. The lowest BCUT2D eigenvalue weighted by atomic mass is 10.2. The highest BCUT2D eigenvalue weighted by atomic mass is 16.4. The van der Waals surface area contributed by atoms with E-state index in [-0.39, 0.29) is 11.7 Å². The monoisotopic (exact) mass is 283 g/mol. The van der Waals surface area contributed by atoms with Crippen molar-refractivity contribution in [1.82, 2.24) is 25.2 Å². The molecule has 0 aromatic carbocycles. The third-order valence-electron chi connectivity index (χ3n) is 2.80. The van der Waals surface area contributed by atoms with E-state index < -0.39 is 30.9 Å². The lowest BCUT2D eigenvalue weighted by molar-refractivity contribution is -0.140. The molecule has 1 amide bonds. The molecule has 2 rings (SSSR count). The van der Waals surface area contributed by atoms with Gasteiger partial charge in [-0.05, 0) is 0 Å². The van der Waals surface area contributed by atoms with E-state index in [4.69, 9.17) is 10.2 Å². The Morgan fingerprint density at radius 1 is 1.30 bits per heavy atom. The topological polar surface area (TPSA) is 138 Å². The van der Waals surface area contributed by atoms with E-state index >= 15 is 0 Å². The number of amides is 1. The van der Waals surface area contributed by atoms with E-state index in [2.05, 4.69) is 15.6 Å². The van der Waals surface area contributed by atoms with E-state index in [0.29, 0.717) is 18.0 Å². The van der Waals surface area contributed by atoms with E-state index in [0.717, 1.165) is 0 Å². The van der Waals surface area contributed by atoms with Crippen LogP contribution < -0.4 is 5.32 Å². The van der Waals surface area contributed by atoms with Crippen molar-refractivity contribution in [2.45, 2.75) is 6.04 Å². The number of hydrogen-bond acceptors (Lipinski definition) is 6. The number of carbonyl (C=O) groups excluding carboxylic acids is 1. The molecule has 2 heterocycles. The first-order valence-electron chi connectivity index (χ1n) is 5.83. The molecule has 0 spiro atoms. The van der Waals surface area contributed by atoms with Gasteiger partial charge in [0.15, 0.2) is 5.69 Å². The van der Waals surface area contributed by atoms with Gasteiger partial charge in [-0.25, -0.2) is 4.68 Å². The van der Waals surface area contributed by atoms with Crippen LogP contribution in [0.15, 0.2) is 6.20 Å². The van der Waals surface area contributed by atoms with Crippen molar-refractivity contribution in [2.75, 3.05) is 26.2 Å². The zero-order chi connectivity index (χ0) is 14.7. The summed E-state index contributed by atoms with van der Waals surface area (Å²) in [6.07, 6.45) is 1.39. The van der Waals surface area contributed by atoms with Gasteiger partial charge in [0, 0.05) is 13.1 Å². The fourth-order valence-electron chi connectivity index (χ4n) is 1.70. The fourth-order valence-corrected chi connectivity index (χ4v) is 1.70. The van der Waals surface area contributed by atoms with Gasteiger partial charge in [-0.15, -0.1) is 5.10 Å². The molecule has 1 aromatic rings. The summed E-state index contributed by atoms with van der Waals surface area (Å²) in [5.41, 5.74) is -0.0700. The molecule has 0 atom stereocenters. The number of carboxylic acids is 2. The Morgan fingerprint density at radius 2 is 1.90 bits per heavy atom. The number of carboxylic acid groups (broad SMARTS) is 2. The van der Waals surface area contributed by atoms with Gasteiger partial charge >= 0.3 is 11.9 Å². The summed E-state index contributed by atoms with van der Waals surface area (Å²) in [6, 6.07) is 0.108. The predicted molar refractivity (Wildman–Crippen MR) is 63.1 cm³/mol. The number of aliphatic carboxylic acids is 2. The Bertz CT molecular complexity index is 522. The number of nitrogens with zero attached hydrogens (tertiary/aromatic N) is 4. The largest absolute Gasteiger partial charge is 0.480 e. The highest BCUT2D eigenvalue weighted by Crippen LogP contribution is 2.11. The molecule has 1 aliphatic rings. The molecule has 0 saturated carbocycles. The van der Waals surface area contributed by atoms with Gasteiger partial charge in [-0.1, -0.05) is 5.21 Å². The van der Waals surface area contributed by atoms with Crippen molar-refractivity contribution >= 4 is 17.8 Å². The Labute approximate surface area is 113 Å². The average molecular weight is 283 g/mol. The van der Waals surface area contributed by atoms with E-state index in [1.165, 1.54) is 10.9 Å². The second-order valence-corrected chi connectivity index (χ2v) is 4.34. The van der Waals surface area contributed by atoms with Crippen LogP contribution in [0.25, 0.3) is 0 Å². The van der Waals surface area contributed by atoms with E-state index in [1.54, 1.807) is 0 Å². The van der Waals surface area contributed by atoms with Crippen LogP contribution in [-0.2, 0) is 9.59 Å². The first-order chi connectivity index (χ1) is 9.47. The van der Waals surface area contributed by atoms with Gasteiger partial charge in [0.25, 0.3) is 5.91 Å². The Kier molecular flexibility index (Phi) is 3.94. The molecule has 1 aromatic heterocycles. The van der Waals surface area contributed by atoms with E-state index in [1.807, 2.05) is 0 Å². The van der Waals surface area contributed by atoms with Crippen molar-refractivity contribution in [3.63, 3.8) is 0 Å². The van der Waals surface area contributed by atoms with Crippen molar-refractivity contribution in [3.05, 3.63) is 11.9 Å². The molecular formula is C10H13N5O5. The van der Waals surface area contributed by atoms with Gasteiger partial charge < -0.3 is 20.4 Å². The van der Waals surface area contributed by atoms with Crippen molar-refractivity contribution in [1.29, 1.82) is 0 Å². The number of hydrogen-bond donors (Lipinski definition) is 3. The molecule has 10 nitrogen and oxygen atoms in total. The van der Waals surface area contributed by atoms with Crippen LogP contribution in [0.3, 0.4) is 0 Å². The number of carbonyl (C=O) groups is 3. The van der Waals surface area contributed by atoms with Crippen LogP contribution in [0.5, 0.6) is 0 Å². The first kappa shape index (κ1) is 13.9. The number of aromatic nitrogens is 3. The maximum Gasteiger partial charge on any atom is 0.323 e. The second kappa shape index (κ2) is 5.65. The molecule has 20 heavy (non-hydrogen) atoms. The Morgan fingerprint density at radius 3 is 2.35 bits per heavy atom. The summed E-state index contributed by atoms with van der Waals surface area (Å²) in [5, 5.41) is 27.9. The quantitative estimate of drug-likeness (QED) is 0.547. The molecule has 3 N–H and O–H groups in total. The van der Waals surface area contributed by atoms with Crippen LogP contribution in [0, 0.1) is 0 Å². The van der Waals surface area contributed by atoms with Gasteiger partial charge in [0.1, 0.15) is 13.1 Å². The normalized spacial score (nSPS) is 14.6. The molecule has 1 saturated heterocycles. The lowest BCUT2D eigenvalue weighted by Crippen LogP contribution is -2.43. The molecule has 1 fully saturated rings. The smallest absolute Gasteiger partial charge is 0.323 e. The molecule has 0 unspecified atom stereocenters. The van der Waals surface area contributed by atoms with E-state index in [9.17, 15) is 14.4 Å². The fraction of sp³-hybridized carbons (Fsp3) is 0.500. The molecular weight excluding hydrogens is 270 g/mol. The minimum Gasteiger partial charge on any atom is -0.480 e. The maximum absolute atomic E-state index is 12.0. The highest BCUT2D eigenvalue weighted by Gasteiger charge is 2.26. The second-order valence-electron chi connectivity index (χ2n) is 4.34. The van der Waals surface area contributed by atoms with Gasteiger partial charge in [-0.2, -0.15) is 0 Å². The molecule has 10 heteroatoms. The lowest BCUT2D eigenvalue weighted by Gasteiger charge is -2.26. The summed E-state index contributed by atoms with van der Waals surface area (Å²) in [7, 11) is 0. The van der Waals surface area contributed by atoms with Crippen molar-refractivity contribution in [2.24, 2.45) is 0 Å². The minimum absolute atomic E-state index is 0.0700. The van der Waals surface area contributed by atoms with Crippen molar-refractivity contribution in [3.8, 4) is 0 Å².